The van der Waals surface area contributed by atoms with Gasteiger partial charge >= 0.3 is 0 Å². The Hall–Kier alpha value is -1.83. The zero-order valence-electron chi connectivity index (χ0n) is 7.20. The molecule has 2 nitrogen and oxygen atoms in total. The molecule has 2 aromatic rings. The van der Waals surface area contributed by atoms with Crippen LogP contribution >= 0.6 is 0 Å². The lowest BCUT2D eigenvalue weighted by atomic mass is 10.1. The summed E-state index contributed by atoms with van der Waals surface area (Å²) >= 11 is 0. The van der Waals surface area contributed by atoms with Crippen molar-refractivity contribution in [1.82, 2.24) is 9.97 Å². The smallest absolute Gasteiger partial charge is 0.137 e. The fourth-order valence-corrected chi connectivity index (χ4v) is 1.21. The molecule has 64 valence electrons. The third-order valence-corrected chi connectivity index (χ3v) is 1.91. The van der Waals surface area contributed by atoms with E-state index in [2.05, 4.69) is 16.5 Å². The van der Waals surface area contributed by atoms with Gasteiger partial charge in [0.2, 0.25) is 0 Å². The van der Waals surface area contributed by atoms with Gasteiger partial charge in [-0.05, 0) is 5.56 Å². The molecule has 0 radical (unpaired) electrons. The normalized spacial score (nSPS) is 9.85. The number of H-pyrrole nitrogens is 1. The average Bonchev–Trinajstić information content (AvgIpc) is 2.71. The highest BCUT2D eigenvalue weighted by molar-refractivity contribution is 5.73. The Balaban J connectivity index is 2.34. The molecule has 0 aliphatic carbocycles. The summed E-state index contributed by atoms with van der Waals surface area (Å²) in [5.74, 6) is 0.825. The molecule has 0 amide bonds. The topological polar surface area (TPSA) is 28.7 Å². The second-order valence-electron chi connectivity index (χ2n) is 2.78. The predicted molar refractivity (Wildman–Crippen MR) is 53.2 cm³/mol. The summed E-state index contributed by atoms with van der Waals surface area (Å²) in [4.78, 5) is 7.16. The van der Waals surface area contributed by atoms with Crippen molar-refractivity contribution in [2.45, 2.75) is 0 Å². The maximum absolute atomic E-state index is 4.14. The first-order valence-electron chi connectivity index (χ1n) is 4.12. The summed E-state index contributed by atoms with van der Waals surface area (Å²) < 4.78 is 0. The molecular formula is C11H10N2. The summed E-state index contributed by atoms with van der Waals surface area (Å²) in [5.41, 5.74) is 2.02. The van der Waals surface area contributed by atoms with E-state index in [0.29, 0.717) is 0 Å². The van der Waals surface area contributed by atoms with Gasteiger partial charge in [-0.15, -0.1) is 0 Å². The second kappa shape index (κ2) is 3.27. The van der Waals surface area contributed by atoms with Crippen molar-refractivity contribution in [3.63, 3.8) is 0 Å². The summed E-state index contributed by atoms with van der Waals surface area (Å²) in [7, 11) is 0. The minimum Gasteiger partial charge on any atom is -0.345 e. The Labute approximate surface area is 77.0 Å². The van der Waals surface area contributed by atoms with E-state index >= 15 is 0 Å². The van der Waals surface area contributed by atoms with Crippen LogP contribution in [0.25, 0.3) is 5.57 Å². The van der Waals surface area contributed by atoms with Gasteiger partial charge in [-0.25, -0.2) is 4.98 Å². The molecule has 0 atom stereocenters. The van der Waals surface area contributed by atoms with E-state index in [9.17, 15) is 0 Å². The summed E-state index contributed by atoms with van der Waals surface area (Å²) in [6.45, 7) is 3.97. The number of rotatable bonds is 2. The molecule has 1 aromatic heterocycles. The highest BCUT2D eigenvalue weighted by Gasteiger charge is 2.02. The fourth-order valence-electron chi connectivity index (χ4n) is 1.21. The van der Waals surface area contributed by atoms with E-state index in [-0.39, 0.29) is 0 Å². The number of aromatic amines is 1. The van der Waals surface area contributed by atoms with Crippen LogP contribution in [0.15, 0.2) is 49.3 Å². The number of hydrogen-bond acceptors (Lipinski definition) is 1. The number of hydrogen-bond donors (Lipinski definition) is 1. The molecule has 0 spiro atoms. The maximum atomic E-state index is 4.14. The zero-order valence-corrected chi connectivity index (χ0v) is 7.20. The van der Waals surface area contributed by atoms with Gasteiger partial charge < -0.3 is 4.98 Å². The van der Waals surface area contributed by atoms with E-state index in [1.54, 1.807) is 12.4 Å². The summed E-state index contributed by atoms with van der Waals surface area (Å²) in [6, 6.07) is 10.0. The van der Waals surface area contributed by atoms with Crippen molar-refractivity contribution < 1.29 is 0 Å². The van der Waals surface area contributed by atoms with Crippen molar-refractivity contribution in [3.8, 4) is 0 Å². The van der Waals surface area contributed by atoms with Crippen LogP contribution in [0, 0.1) is 0 Å². The van der Waals surface area contributed by atoms with Crippen molar-refractivity contribution in [1.29, 1.82) is 0 Å². The van der Waals surface area contributed by atoms with Crippen LogP contribution < -0.4 is 0 Å². The molecule has 0 bridgehead atoms. The third kappa shape index (κ3) is 1.51. The number of nitrogens with zero attached hydrogens (tertiary/aromatic N) is 1. The molecule has 0 unspecified atom stereocenters. The van der Waals surface area contributed by atoms with Gasteiger partial charge in [-0.2, -0.15) is 0 Å². The predicted octanol–water partition coefficient (Wildman–Crippen LogP) is 2.47. The van der Waals surface area contributed by atoms with Crippen LogP contribution in [0.4, 0.5) is 0 Å². The van der Waals surface area contributed by atoms with E-state index < -0.39 is 0 Å². The van der Waals surface area contributed by atoms with Crippen molar-refractivity contribution in [2.75, 3.05) is 0 Å². The lowest BCUT2D eigenvalue weighted by Gasteiger charge is -2.00. The van der Waals surface area contributed by atoms with Crippen LogP contribution in [-0.2, 0) is 0 Å². The Kier molecular flexibility index (Phi) is 1.96. The molecule has 2 heteroatoms. The van der Waals surface area contributed by atoms with Gasteiger partial charge in [0.25, 0.3) is 0 Å². The van der Waals surface area contributed by atoms with Crippen molar-refractivity contribution in [3.05, 3.63) is 60.7 Å². The Morgan fingerprint density at radius 3 is 2.62 bits per heavy atom. The van der Waals surface area contributed by atoms with Crippen LogP contribution in [0.5, 0.6) is 0 Å². The maximum Gasteiger partial charge on any atom is 0.137 e. The molecule has 0 fully saturated rings. The molecule has 0 saturated heterocycles. The van der Waals surface area contributed by atoms with E-state index in [0.717, 1.165) is 17.0 Å². The molecule has 0 aliphatic heterocycles. The second-order valence-corrected chi connectivity index (χ2v) is 2.78. The molecule has 1 heterocycles. The first kappa shape index (κ1) is 7.80. The molecule has 1 N–H and O–H groups in total. The molecule has 0 saturated carbocycles. The van der Waals surface area contributed by atoms with Gasteiger partial charge in [0.15, 0.2) is 0 Å². The highest BCUT2D eigenvalue weighted by Crippen LogP contribution is 2.16. The lowest BCUT2D eigenvalue weighted by molar-refractivity contribution is 1.24. The molecule has 2 rings (SSSR count). The summed E-state index contributed by atoms with van der Waals surface area (Å²) in [5, 5.41) is 0. The Morgan fingerprint density at radius 1 is 1.23 bits per heavy atom. The number of imidazole rings is 1. The van der Waals surface area contributed by atoms with E-state index in [1.807, 2.05) is 30.3 Å². The number of aromatic nitrogens is 2. The zero-order chi connectivity index (χ0) is 9.10. The number of benzene rings is 1. The largest absolute Gasteiger partial charge is 0.345 e. The van der Waals surface area contributed by atoms with Gasteiger partial charge in [0, 0.05) is 18.0 Å². The minimum absolute atomic E-state index is 0.825. The van der Waals surface area contributed by atoms with Crippen LogP contribution in [-0.4, -0.2) is 9.97 Å². The van der Waals surface area contributed by atoms with Crippen molar-refractivity contribution in [2.24, 2.45) is 0 Å². The highest BCUT2D eigenvalue weighted by atomic mass is 14.9. The standard InChI is InChI=1S/C11H10N2/c1-9(11-12-7-8-13-11)10-5-3-2-4-6-10/h2-8H,1H2,(H,12,13). The van der Waals surface area contributed by atoms with Gasteiger partial charge in [-0.3, -0.25) is 0 Å². The quantitative estimate of drug-likeness (QED) is 0.736. The van der Waals surface area contributed by atoms with Gasteiger partial charge in [-0.1, -0.05) is 36.9 Å². The molecule has 13 heavy (non-hydrogen) atoms. The number of nitrogens with one attached hydrogen (secondary N) is 1. The molecule has 0 aliphatic rings. The lowest BCUT2D eigenvalue weighted by Crippen LogP contribution is -1.87. The Morgan fingerprint density at radius 2 is 2.00 bits per heavy atom. The van der Waals surface area contributed by atoms with Gasteiger partial charge in [0.05, 0.1) is 0 Å². The van der Waals surface area contributed by atoms with Crippen LogP contribution in [0.3, 0.4) is 0 Å². The first-order chi connectivity index (χ1) is 6.38. The fraction of sp³-hybridized carbons (Fsp3) is 0. The third-order valence-electron chi connectivity index (χ3n) is 1.91. The van der Waals surface area contributed by atoms with E-state index in [4.69, 9.17) is 0 Å². The first-order valence-corrected chi connectivity index (χ1v) is 4.12. The molecule has 1 aromatic carbocycles. The minimum atomic E-state index is 0.825. The monoisotopic (exact) mass is 170 g/mol. The van der Waals surface area contributed by atoms with Gasteiger partial charge in [0.1, 0.15) is 5.82 Å². The SMILES string of the molecule is C=C(c1ccccc1)c1ncc[nH]1. The Bertz CT molecular complexity index is 387. The van der Waals surface area contributed by atoms with E-state index in [1.165, 1.54) is 0 Å². The average molecular weight is 170 g/mol. The van der Waals surface area contributed by atoms with Crippen molar-refractivity contribution >= 4 is 5.57 Å². The molecular weight excluding hydrogens is 160 g/mol. The van der Waals surface area contributed by atoms with Crippen LogP contribution in [0.1, 0.15) is 11.4 Å². The van der Waals surface area contributed by atoms with Crippen LogP contribution in [0.2, 0.25) is 0 Å². The summed E-state index contributed by atoms with van der Waals surface area (Å²) in [6.07, 6.45) is 3.52.